The fourth-order valence-electron chi connectivity index (χ4n) is 2.15. The summed E-state index contributed by atoms with van der Waals surface area (Å²) in [6, 6.07) is 8.20. The zero-order chi connectivity index (χ0) is 12.1. The lowest BCUT2D eigenvalue weighted by molar-refractivity contribution is 0.413. The molecule has 0 unspecified atom stereocenters. The summed E-state index contributed by atoms with van der Waals surface area (Å²) in [5.74, 6) is 1.70. The van der Waals surface area contributed by atoms with Crippen LogP contribution in [0.25, 0.3) is 0 Å². The van der Waals surface area contributed by atoms with E-state index in [0.29, 0.717) is 5.41 Å². The van der Waals surface area contributed by atoms with Gasteiger partial charge in [-0.15, -0.1) is 11.6 Å². The van der Waals surface area contributed by atoms with Crippen molar-refractivity contribution in [3.63, 3.8) is 0 Å². The van der Waals surface area contributed by atoms with E-state index in [0.717, 1.165) is 31.1 Å². The Bertz CT molecular complexity index is 363. The Morgan fingerprint density at radius 1 is 1.41 bits per heavy atom. The minimum absolute atomic E-state index is 0.501. The number of benzene rings is 1. The second-order valence-electron chi connectivity index (χ2n) is 4.89. The molecule has 1 aromatic rings. The Morgan fingerprint density at radius 2 is 2.24 bits per heavy atom. The molecule has 17 heavy (non-hydrogen) atoms. The third kappa shape index (κ3) is 3.62. The van der Waals surface area contributed by atoms with Gasteiger partial charge >= 0.3 is 0 Å². The van der Waals surface area contributed by atoms with Crippen molar-refractivity contribution < 1.29 is 4.74 Å². The molecule has 0 atom stereocenters. The van der Waals surface area contributed by atoms with Gasteiger partial charge in [0.25, 0.3) is 0 Å². The van der Waals surface area contributed by atoms with Gasteiger partial charge in [0.1, 0.15) is 5.75 Å². The average Bonchev–Trinajstić information content (AvgIpc) is 3.10. The summed E-state index contributed by atoms with van der Waals surface area (Å²) in [6.45, 7) is 1.98. The van der Waals surface area contributed by atoms with E-state index in [4.69, 9.17) is 16.3 Å². The van der Waals surface area contributed by atoms with Crippen molar-refractivity contribution in [1.82, 2.24) is 5.32 Å². The Morgan fingerprint density at radius 3 is 2.88 bits per heavy atom. The van der Waals surface area contributed by atoms with Crippen molar-refractivity contribution in [3.05, 3.63) is 29.8 Å². The normalized spacial score (nSPS) is 16.8. The van der Waals surface area contributed by atoms with Gasteiger partial charge in [0, 0.05) is 19.0 Å². The molecular formula is C14H20ClNO. The van der Waals surface area contributed by atoms with Crippen LogP contribution in [0.2, 0.25) is 0 Å². The zero-order valence-electron chi connectivity index (χ0n) is 10.3. The third-order valence-electron chi connectivity index (χ3n) is 3.55. The molecule has 94 valence electrons. The fraction of sp³-hybridized carbons (Fsp3) is 0.571. The highest BCUT2D eigenvalue weighted by Crippen LogP contribution is 2.48. The second-order valence-corrected chi connectivity index (χ2v) is 5.27. The molecule has 0 amide bonds. The summed E-state index contributed by atoms with van der Waals surface area (Å²) in [4.78, 5) is 0. The predicted molar refractivity (Wildman–Crippen MR) is 71.7 cm³/mol. The first kappa shape index (κ1) is 12.7. The summed E-state index contributed by atoms with van der Waals surface area (Å²) in [5.41, 5.74) is 1.77. The smallest absolute Gasteiger partial charge is 0.119 e. The van der Waals surface area contributed by atoms with E-state index in [1.54, 1.807) is 7.11 Å². The highest BCUT2D eigenvalue weighted by molar-refractivity contribution is 6.17. The van der Waals surface area contributed by atoms with Crippen molar-refractivity contribution >= 4 is 11.6 Å². The molecule has 1 fully saturated rings. The Labute approximate surface area is 108 Å². The van der Waals surface area contributed by atoms with Crippen LogP contribution in [-0.2, 0) is 6.54 Å². The molecule has 1 N–H and O–H groups in total. The summed E-state index contributed by atoms with van der Waals surface area (Å²) >= 11 is 5.82. The van der Waals surface area contributed by atoms with Gasteiger partial charge in [-0.05, 0) is 42.4 Å². The second kappa shape index (κ2) is 5.74. The number of hydrogen-bond donors (Lipinski definition) is 1. The molecule has 0 heterocycles. The lowest BCUT2D eigenvalue weighted by Crippen LogP contribution is -2.23. The van der Waals surface area contributed by atoms with Crippen molar-refractivity contribution in [3.8, 4) is 5.75 Å². The molecule has 1 aliphatic rings. The van der Waals surface area contributed by atoms with Crippen molar-refractivity contribution in [1.29, 1.82) is 0 Å². The fourth-order valence-corrected chi connectivity index (χ4v) is 2.55. The maximum Gasteiger partial charge on any atom is 0.119 e. The van der Waals surface area contributed by atoms with Gasteiger partial charge in [0.15, 0.2) is 0 Å². The molecule has 0 spiro atoms. The maximum atomic E-state index is 5.82. The Kier molecular flexibility index (Phi) is 4.30. The first-order valence-electron chi connectivity index (χ1n) is 6.18. The SMILES string of the molecule is COc1cccc(CNCC2(CCCl)CC2)c1. The summed E-state index contributed by atoms with van der Waals surface area (Å²) in [6.07, 6.45) is 3.79. The van der Waals surface area contributed by atoms with Crippen LogP contribution in [0.4, 0.5) is 0 Å². The number of halogens is 1. The monoisotopic (exact) mass is 253 g/mol. The van der Waals surface area contributed by atoms with E-state index >= 15 is 0 Å². The van der Waals surface area contributed by atoms with Crippen LogP contribution in [0.3, 0.4) is 0 Å². The number of alkyl halides is 1. The van der Waals surface area contributed by atoms with E-state index in [1.807, 2.05) is 12.1 Å². The van der Waals surface area contributed by atoms with Gasteiger partial charge in [0.2, 0.25) is 0 Å². The molecule has 0 aliphatic heterocycles. The molecule has 1 saturated carbocycles. The van der Waals surface area contributed by atoms with Crippen molar-refractivity contribution in [2.45, 2.75) is 25.8 Å². The molecule has 1 aromatic carbocycles. The van der Waals surface area contributed by atoms with Crippen LogP contribution in [0.15, 0.2) is 24.3 Å². The number of methoxy groups -OCH3 is 1. The van der Waals surface area contributed by atoms with Gasteiger partial charge in [-0.1, -0.05) is 12.1 Å². The lowest BCUT2D eigenvalue weighted by atomic mass is 10.0. The molecule has 3 heteroatoms. The van der Waals surface area contributed by atoms with Gasteiger partial charge in [-0.3, -0.25) is 0 Å². The van der Waals surface area contributed by atoms with Gasteiger partial charge in [0.05, 0.1) is 7.11 Å². The standard InChI is InChI=1S/C14H20ClNO/c1-17-13-4-2-3-12(9-13)10-16-11-14(5-6-14)7-8-15/h2-4,9,16H,5-8,10-11H2,1H3. The zero-order valence-corrected chi connectivity index (χ0v) is 11.1. The first-order valence-corrected chi connectivity index (χ1v) is 6.71. The van der Waals surface area contributed by atoms with Crippen molar-refractivity contribution in [2.24, 2.45) is 5.41 Å². The highest BCUT2D eigenvalue weighted by atomic mass is 35.5. The van der Waals surface area contributed by atoms with E-state index in [-0.39, 0.29) is 0 Å². The minimum atomic E-state index is 0.501. The molecule has 0 radical (unpaired) electrons. The Balaban J connectivity index is 1.78. The quantitative estimate of drug-likeness (QED) is 0.754. The van der Waals surface area contributed by atoms with Crippen LogP contribution in [0.5, 0.6) is 5.75 Å². The van der Waals surface area contributed by atoms with Crippen LogP contribution < -0.4 is 10.1 Å². The van der Waals surface area contributed by atoms with Crippen LogP contribution in [-0.4, -0.2) is 19.5 Å². The number of nitrogens with one attached hydrogen (secondary N) is 1. The number of hydrogen-bond acceptors (Lipinski definition) is 2. The third-order valence-corrected chi connectivity index (χ3v) is 3.73. The molecule has 2 nitrogen and oxygen atoms in total. The molecule has 2 rings (SSSR count). The van der Waals surface area contributed by atoms with E-state index in [2.05, 4.69) is 17.4 Å². The van der Waals surface area contributed by atoms with Gasteiger partial charge < -0.3 is 10.1 Å². The van der Waals surface area contributed by atoms with Gasteiger partial charge in [-0.25, -0.2) is 0 Å². The Hall–Kier alpha value is -0.730. The molecule has 0 bridgehead atoms. The van der Waals surface area contributed by atoms with Crippen molar-refractivity contribution in [2.75, 3.05) is 19.5 Å². The summed E-state index contributed by atoms with van der Waals surface area (Å²) in [5, 5.41) is 3.53. The molecule has 0 aromatic heterocycles. The first-order chi connectivity index (χ1) is 8.28. The number of rotatable bonds is 7. The summed E-state index contributed by atoms with van der Waals surface area (Å²) < 4.78 is 5.21. The van der Waals surface area contributed by atoms with E-state index in [1.165, 1.54) is 18.4 Å². The number of ether oxygens (including phenoxy) is 1. The largest absolute Gasteiger partial charge is 0.497 e. The summed E-state index contributed by atoms with van der Waals surface area (Å²) in [7, 11) is 1.70. The van der Waals surface area contributed by atoms with Crippen LogP contribution >= 0.6 is 11.6 Å². The molecular weight excluding hydrogens is 234 g/mol. The highest BCUT2D eigenvalue weighted by Gasteiger charge is 2.40. The van der Waals surface area contributed by atoms with Crippen LogP contribution in [0, 0.1) is 5.41 Å². The van der Waals surface area contributed by atoms with E-state index in [9.17, 15) is 0 Å². The predicted octanol–water partition coefficient (Wildman–Crippen LogP) is 3.19. The molecule has 1 aliphatic carbocycles. The maximum absolute atomic E-state index is 5.82. The average molecular weight is 254 g/mol. The topological polar surface area (TPSA) is 21.3 Å². The van der Waals surface area contributed by atoms with Gasteiger partial charge in [-0.2, -0.15) is 0 Å². The van der Waals surface area contributed by atoms with Crippen LogP contribution in [0.1, 0.15) is 24.8 Å². The minimum Gasteiger partial charge on any atom is -0.497 e. The van der Waals surface area contributed by atoms with E-state index < -0.39 is 0 Å². The molecule has 0 saturated heterocycles. The lowest BCUT2D eigenvalue weighted by Gasteiger charge is -2.14.